The van der Waals surface area contributed by atoms with Gasteiger partial charge >= 0.3 is 6.18 Å². The molecule has 0 aromatic heterocycles. The molecule has 0 aliphatic rings. The van der Waals surface area contributed by atoms with Crippen LogP contribution in [0.1, 0.15) is 29.5 Å². The molecule has 110 valence electrons. The first-order valence-corrected chi connectivity index (χ1v) is 5.97. The summed E-state index contributed by atoms with van der Waals surface area (Å²) in [6.07, 6.45) is -4.82. The van der Waals surface area contributed by atoms with Crippen LogP contribution in [-0.4, -0.2) is 26.9 Å². The molecule has 0 fully saturated rings. The van der Waals surface area contributed by atoms with Gasteiger partial charge in [-0.15, -0.1) is 0 Å². The summed E-state index contributed by atoms with van der Waals surface area (Å²) < 4.78 is 48.7. The van der Waals surface area contributed by atoms with E-state index in [-0.39, 0.29) is 24.2 Å². The second kappa shape index (κ2) is 6.73. The molecular formula is C14H16F3NO2. The van der Waals surface area contributed by atoms with Gasteiger partial charge in [-0.25, -0.2) is 0 Å². The molecule has 0 aliphatic heterocycles. The Morgan fingerprint density at radius 1 is 1.25 bits per heavy atom. The molecule has 0 amide bonds. The van der Waals surface area contributed by atoms with E-state index in [1.54, 1.807) is 13.0 Å². The first kappa shape index (κ1) is 16.5. The molecule has 0 spiro atoms. The highest BCUT2D eigenvalue weighted by Gasteiger charge is 2.32. The Labute approximate surface area is 115 Å². The van der Waals surface area contributed by atoms with Crippen molar-refractivity contribution in [3.05, 3.63) is 34.9 Å². The highest BCUT2D eigenvalue weighted by molar-refractivity contribution is 5.40. The third kappa shape index (κ3) is 3.95. The van der Waals surface area contributed by atoms with Gasteiger partial charge in [-0.3, -0.25) is 0 Å². The van der Waals surface area contributed by atoms with Crippen molar-refractivity contribution in [2.24, 2.45) is 0 Å². The minimum absolute atomic E-state index is 0.0285. The molecule has 3 nitrogen and oxygen atoms in total. The van der Waals surface area contributed by atoms with E-state index in [9.17, 15) is 13.2 Å². The Bertz CT molecular complexity index is 494. The third-order valence-electron chi connectivity index (χ3n) is 3.12. The Morgan fingerprint density at radius 3 is 2.35 bits per heavy atom. The third-order valence-corrected chi connectivity index (χ3v) is 3.12. The minimum atomic E-state index is -4.49. The largest absolute Gasteiger partial charge is 0.416 e. The first-order valence-electron chi connectivity index (χ1n) is 5.97. The Morgan fingerprint density at radius 2 is 1.90 bits per heavy atom. The average Bonchev–Trinajstić information content (AvgIpc) is 2.42. The fourth-order valence-electron chi connectivity index (χ4n) is 1.94. The molecule has 0 saturated carbocycles. The predicted molar refractivity (Wildman–Crippen MR) is 67.2 cm³/mol. The number of nitriles is 1. The number of hydrogen-bond acceptors (Lipinski definition) is 3. The summed E-state index contributed by atoms with van der Waals surface area (Å²) in [5.74, 6) is -0.376. The van der Waals surface area contributed by atoms with E-state index in [4.69, 9.17) is 14.7 Å². The maximum atomic E-state index is 12.8. The molecular weight excluding hydrogens is 271 g/mol. The molecule has 0 heterocycles. The van der Waals surface area contributed by atoms with E-state index in [1.165, 1.54) is 20.3 Å². The second-order valence-corrected chi connectivity index (χ2v) is 4.46. The number of benzene rings is 1. The lowest BCUT2D eigenvalue weighted by Crippen LogP contribution is -2.22. The van der Waals surface area contributed by atoms with Crippen LogP contribution in [0.3, 0.4) is 0 Å². The van der Waals surface area contributed by atoms with Gasteiger partial charge in [-0.1, -0.05) is 0 Å². The smallest absolute Gasteiger partial charge is 0.384 e. The van der Waals surface area contributed by atoms with Crippen LogP contribution < -0.4 is 0 Å². The molecule has 0 saturated heterocycles. The van der Waals surface area contributed by atoms with Gasteiger partial charge in [0.25, 0.3) is 0 Å². The van der Waals surface area contributed by atoms with Crippen LogP contribution in [0.4, 0.5) is 13.2 Å². The Kier molecular flexibility index (Phi) is 5.54. The number of rotatable bonds is 5. The summed E-state index contributed by atoms with van der Waals surface area (Å²) in [6, 6.07) is 5.07. The number of halogens is 3. The zero-order valence-corrected chi connectivity index (χ0v) is 11.5. The lowest BCUT2D eigenvalue weighted by Gasteiger charge is -2.23. The van der Waals surface area contributed by atoms with Gasteiger partial charge in [0.1, 0.15) is 0 Å². The normalized spacial score (nSPS) is 14.7. The molecule has 0 aliphatic carbocycles. The lowest BCUT2D eigenvalue weighted by molar-refractivity contribution is -0.137. The monoisotopic (exact) mass is 287 g/mol. The van der Waals surface area contributed by atoms with Crippen molar-refractivity contribution < 1.29 is 22.6 Å². The zero-order valence-electron chi connectivity index (χ0n) is 11.5. The van der Waals surface area contributed by atoms with Gasteiger partial charge in [0.2, 0.25) is 0 Å². The molecule has 0 radical (unpaired) electrons. The van der Waals surface area contributed by atoms with E-state index in [0.717, 1.165) is 12.1 Å². The maximum Gasteiger partial charge on any atom is 0.416 e. The lowest BCUT2D eigenvalue weighted by atomic mass is 9.91. The van der Waals surface area contributed by atoms with Crippen LogP contribution in [0.15, 0.2) is 18.2 Å². The van der Waals surface area contributed by atoms with Crippen LogP contribution in [-0.2, 0) is 15.7 Å². The average molecular weight is 287 g/mol. The SMILES string of the molecule is COCC(c1cc(C#N)cc(C(F)(F)F)c1)C(C)OC. The highest BCUT2D eigenvalue weighted by Crippen LogP contribution is 2.33. The molecule has 2 atom stereocenters. The number of nitrogens with zero attached hydrogens (tertiary/aromatic N) is 1. The van der Waals surface area contributed by atoms with Crippen LogP contribution >= 0.6 is 0 Å². The fourth-order valence-corrected chi connectivity index (χ4v) is 1.94. The summed E-state index contributed by atoms with van der Waals surface area (Å²) in [7, 11) is 2.94. The molecule has 2 unspecified atom stereocenters. The van der Waals surface area contributed by atoms with Crippen LogP contribution in [0, 0.1) is 11.3 Å². The van der Waals surface area contributed by atoms with Crippen LogP contribution in [0.5, 0.6) is 0 Å². The van der Waals surface area contributed by atoms with Crippen molar-refractivity contribution in [1.82, 2.24) is 0 Å². The number of alkyl halides is 3. The van der Waals surface area contributed by atoms with Crippen molar-refractivity contribution in [3.8, 4) is 6.07 Å². The second-order valence-electron chi connectivity index (χ2n) is 4.46. The fraction of sp³-hybridized carbons (Fsp3) is 0.500. The molecule has 0 N–H and O–H groups in total. The van der Waals surface area contributed by atoms with Crippen molar-refractivity contribution in [2.75, 3.05) is 20.8 Å². The molecule has 1 rings (SSSR count). The standard InChI is InChI=1S/C14H16F3NO2/c1-9(20-3)13(8-19-2)11-4-10(7-18)5-12(6-11)14(15,16)17/h4-6,9,13H,8H2,1-3H3. The molecule has 0 bridgehead atoms. The maximum absolute atomic E-state index is 12.8. The van der Waals surface area contributed by atoms with Gasteiger partial charge in [-0.05, 0) is 30.7 Å². The summed E-state index contributed by atoms with van der Waals surface area (Å²) in [4.78, 5) is 0. The summed E-state index contributed by atoms with van der Waals surface area (Å²) in [5, 5.41) is 8.88. The van der Waals surface area contributed by atoms with Crippen molar-refractivity contribution in [2.45, 2.75) is 25.1 Å². The van der Waals surface area contributed by atoms with Crippen molar-refractivity contribution in [1.29, 1.82) is 5.26 Å². The molecule has 6 heteroatoms. The van der Waals surface area contributed by atoms with Gasteiger partial charge in [-0.2, -0.15) is 18.4 Å². The quantitative estimate of drug-likeness (QED) is 0.834. The van der Waals surface area contributed by atoms with E-state index < -0.39 is 11.7 Å². The van der Waals surface area contributed by atoms with E-state index in [1.807, 2.05) is 0 Å². The van der Waals surface area contributed by atoms with Crippen LogP contribution in [0.2, 0.25) is 0 Å². The number of methoxy groups -OCH3 is 2. The van der Waals surface area contributed by atoms with Crippen LogP contribution in [0.25, 0.3) is 0 Å². The van der Waals surface area contributed by atoms with Crippen molar-refractivity contribution >= 4 is 0 Å². The Hall–Kier alpha value is -1.58. The summed E-state index contributed by atoms with van der Waals surface area (Å²) in [6.45, 7) is 1.96. The number of ether oxygens (including phenoxy) is 2. The molecule has 20 heavy (non-hydrogen) atoms. The van der Waals surface area contributed by atoms with Crippen molar-refractivity contribution in [3.63, 3.8) is 0 Å². The van der Waals surface area contributed by atoms with E-state index in [2.05, 4.69) is 0 Å². The zero-order chi connectivity index (χ0) is 15.3. The van der Waals surface area contributed by atoms with E-state index >= 15 is 0 Å². The summed E-state index contributed by atoms with van der Waals surface area (Å²) in [5.41, 5.74) is -0.484. The minimum Gasteiger partial charge on any atom is -0.384 e. The molecule has 1 aromatic rings. The van der Waals surface area contributed by atoms with Gasteiger partial charge in [0.15, 0.2) is 0 Å². The number of hydrogen-bond donors (Lipinski definition) is 0. The predicted octanol–water partition coefficient (Wildman–Crippen LogP) is 3.34. The van der Waals surface area contributed by atoms with Gasteiger partial charge in [0, 0.05) is 20.1 Å². The summed E-state index contributed by atoms with van der Waals surface area (Å²) >= 11 is 0. The molecule has 1 aromatic carbocycles. The van der Waals surface area contributed by atoms with Gasteiger partial charge < -0.3 is 9.47 Å². The highest BCUT2D eigenvalue weighted by atomic mass is 19.4. The van der Waals surface area contributed by atoms with Gasteiger partial charge in [0.05, 0.1) is 29.9 Å². The van der Waals surface area contributed by atoms with E-state index in [0.29, 0.717) is 5.56 Å². The topological polar surface area (TPSA) is 42.2 Å². The first-order chi connectivity index (χ1) is 9.33. The Balaban J connectivity index is 3.31.